The van der Waals surface area contributed by atoms with Gasteiger partial charge in [0, 0.05) is 24.2 Å². The monoisotopic (exact) mass is 391 g/mol. The summed E-state index contributed by atoms with van der Waals surface area (Å²) in [5.74, 6) is -1.91. The minimum atomic E-state index is -4.78. The number of alkyl halides is 3. The minimum absolute atomic E-state index is 0.000578. The van der Waals surface area contributed by atoms with Crippen molar-refractivity contribution in [2.75, 3.05) is 5.32 Å². The van der Waals surface area contributed by atoms with Crippen molar-refractivity contribution in [3.05, 3.63) is 83.6 Å². The van der Waals surface area contributed by atoms with Gasteiger partial charge in [0.25, 0.3) is 5.91 Å². The highest BCUT2D eigenvalue weighted by Gasteiger charge is 2.32. The van der Waals surface area contributed by atoms with Crippen molar-refractivity contribution >= 4 is 11.7 Å². The van der Waals surface area contributed by atoms with Crippen LogP contribution in [-0.4, -0.2) is 15.9 Å². The van der Waals surface area contributed by atoms with E-state index in [4.69, 9.17) is 4.74 Å². The summed E-state index contributed by atoms with van der Waals surface area (Å²) < 4.78 is 57.6. The average molecular weight is 391 g/mol. The number of nitrogens with zero attached hydrogens (tertiary/aromatic N) is 2. The van der Waals surface area contributed by atoms with Gasteiger partial charge in [-0.3, -0.25) is 9.78 Å². The summed E-state index contributed by atoms with van der Waals surface area (Å²) in [5, 5.41) is 2.35. The fourth-order valence-electron chi connectivity index (χ4n) is 2.31. The summed E-state index contributed by atoms with van der Waals surface area (Å²) in [6, 6.07) is 8.18. The fraction of sp³-hybridized carbons (Fsp3) is 0.105. The Morgan fingerprint density at radius 1 is 1.07 bits per heavy atom. The fourth-order valence-corrected chi connectivity index (χ4v) is 2.31. The molecule has 5 nitrogen and oxygen atoms in total. The smallest absolute Gasteiger partial charge is 0.416 e. The van der Waals surface area contributed by atoms with Crippen LogP contribution in [0.25, 0.3) is 0 Å². The Bertz CT molecular complexity index is 978. The first-order valence-corrected chi connectivity index (χ1v) is 7.99. The molecule has 28 heavy (non-hydrogen) atoms. The van der Waals surface area contributed by atoms with E-state index in [2.05, 4.69) is 15.3 Å². The summed E-state index contributed by atoms with van der Waals surface area (Å²) in [6.07, 6.45) is -0.220. The first-order valence-electron chi connectivity index (χ1n) is 7.99. The molecule has 1 aromatic carbocycles. The second-order valence-corrected chi connectivity index (χ2v) is 5.67. The van der Waals surface area contributed by atoms with Crippen molar-refractivity contribution in [2.24, 2.45) is 0 Å². The van der Waals surface area contributed by atoms with Gasteiger partial charge in [-0.05, 0) is 48.0 Å². The molecule has 0 aliphatic heterocycles. The Kier molecular flexibility index (Phi) is 5.53. The van der Waals surface area contributed by atoms with Gasteiger partial charge < -0.3 is 10.1 Å². The van der Waals surface area contributed by atoms with E-state index in [0.717, 1.165) is 5.56 Å². The van der Waals surface area contributed by atoms with Gasteiger partial charge in [0.2, 0.25) is 0 Å². The number of halogens is 4. The van der Waals surface area contributed by atoms with Crippen LogP contribution in [0.5, 0.6) is 5.75 Å². The lowest BCUT2D eigenvalue weighted by atomic mass is 10.1. The molecule has 0 saturated carbocycles. The predicted octanol–water partition coefficient (Wildman–Crippen LogP) is 4.47. The highest BCUT2D eigenvalue weighted by atomic mass is 19.4. The molecule has 0 aliphatic carbocycles. The maximum Gasteiger partial charge on any atom is 0.416 e. The molecule has 9 heteroatoms. The normalized spacial score (nSPS) is 11.1. The maximum atomic E-state index is 13.5. The number of carbonyl (C=O) groups excluding carboxylic acids is 1. The van der Waals surface area contributed by atoms with Gasteiger partial charge in [0.15, 0.2) is 11.6 Å². The number of hydrogen-bond donors (Lipinski definition) is 1. The molecule has 0 aliphatic rings. The third-order valence-electron chi connectivity index (χ3n) is 3.63. The van der Waals surface area contributed by atoms with Crippen molar-refractivity contribution in [3.63, 3.8) is 0 Å². The first kappa shape index (κ1) is 19.3. The van der Waals surface area contributed by atoms with Crippen LogP contribution in [0.2, 0.25) is 0 Å². The lowest BCUT2D eigenvalue weighted by Crippen LogP contribution is -2.16. The number of amides is 1. The molecule has 2 aromatic heterocycles. The van der Waals surface area contributed by atoms with Gasteiger partial charge in [-0.1, -0.05) is 0 Å². The summed E-state index contributed by atoms with van der Waals surface area (Å²) in [5.41, 5.74) is -0.929. The van der Waals surface area contributed by atoms with Gasteiger partial charge in [-0.25, -0.2) is 9.37 Å². The molecular weight excluding hydrogens is 378 g/mol. The van der Waals surface area contributed by atoms with Gasteiger partial charge in [0.05, 0.1) is 5.56 Å². The standard InChI is InChI=1S/C19H13F4N3O2/c20-15-9-13(8-14(10-15)19(21,22)23)18(27)26-17-16(2-1-5-25-17)28-11-12-3-6-24-7-4-12/h1-10H,11H2,(H,25,26,27). The molecule has 0 radical (unpaired) electrons. The van der Waals surface area contributed by atoms with E-state index >= 15 is 0 Å². The number of benzene rings is 1. The molecule has 0 bridgehead atoms. The van der Waals surface area contributed by atoms with E-state index in [0.29, 0.717) is 18.2 Å². The molecule has 1 N–H and O–H groups in total. The number of ether oxygens (including phenoxy) is 1. The molecule has 144 valence electrons. The number of anilines is 1. The number of aromatic nitrogens is 2. The highest BCUT2D eigenvalue weighted by Crippen LogP contribution is 2.31. The average Bonchev–Trinajstić information content (AvgIpc) is 2.67. The second kappa shape index (κ2) is 8.03. The van der Waals surface area contributed by atoms with Gasteiger partial charge in [0.1, 0.15) is 12.4 Å². The van der Waals surface area contributed by atoms with E-state index in [9.17, 15) is 22.4 Å². The molecule has 3 rings (SSSR count). The lowest BCUT2D eigenvalue weighted by molar-refractivity contribution is -0.137. The molecular formula is C19H13F4N3O2. The van der Waals surface area contributed by atoms with Crippen LogP contribution in [0.3, 0.4) is 0 Å². The summed E-state index contributed by atoms with van der Waals surface area (Å²) in [6.45, 7) is 0.162. The topological polar surface area (TPSA) is 64.1 Å². The van der Waals surface area contributed by atoms with Crippen LogP contribution in [-0.2, 0) is 12.8 Å². The van der Waals surface area contributed by atoms with Gasteiger partial charge >= 0.3 is 6.18 Å². The quantitative estimate of drug-likeness (QED) is 0.652. The van der Waals surface area contributed by atoms with Crippen molar-refractivity contribution in [3.8, 4) is 5.75 Å². The molecule has 0 unspecified atom stereocenters. The highest BCUT2D eigenvalue weighted by molar-refractivity contribution is 6.04. The van der Waals surface area contributed by atoms with Gasteiger partial charge in [-0.15, -0.1) is 0 Å². The molecule has 3 aromatic rings. The van der Waals surface area contributed by atoms with Crippen molar-refractivity contribution in [2.45, 2.75) is 12.8 Å². The third-order valence-corrected chi connectivity index (χ3v) is 3.63. The Labute approximate surface area is 157 Å². The molecule has 0 atom stereocenters. The largest absolute Gasteiger partial charge is 0.485 e. The number of carbonyl (C=O) groups is 1. The molecule has 1 amide bonds. The van der Waals surface area contributed by atoms with E-state index in [-0.39, 0.29) is 18.2 Å². The first-order chi connectivity index (χ1) is 13.3. The number of nitrogens with one attached hydrogen (secondary N) is 1. The zero-order valence-electron chi connectivity index (χ0n) is 14.2. The number of pyridine rings is 2. The maximum absolute atomic E-state index is 13.5. The van der Waals surface area contributed by atoms with E-state index in [1.807, 2.05) is 0 Å². The minimum Gasteiger partial charge on any atom is -0.485 e. The van der Waals surface area contributed by atoms with E-state index < -0.39 is 29.0 Å². The zero-order chi connectivity index (χ0) is 20.1. The van der Waals surface area contributed by atoms with Crippen LogP contribution in [0.4, 0.5) is 23.4 Å². The van der Waals surface area contributed by atoms with Crippen LogP contribution in [0, 0.1) is 5.82 Å². The summed E-state index contributed by atoms with van der Waals surface area (Å²) in [4.78, 5) is 20.2. The van der Waals surface area contributed by atoms with Crippen LogP contribution < -0.4 is 10.1 Å². The predicted molar refractivity (Wildman–Crippen MR) is 92.2 cm³/mol. The van der Waals surface area contributed by atoms with E-state index in [1.54, 1.807) is 30.6 Å². The van der Waals surface area contributed by atoms with E-state index in [1.165, 1.54) is 12.3 Å². The van der Waals surface area contributed by atoms with Crippen molar-refractivity contribution in [1.29, 1.82) is 0 Å². The van der Waals surface area contributed by atoms with Crippen molar-refractivity contribution < 1.29 is 27.1 Å². The van der Waals surface area contributed by atoms with Crippen LogP contribution in [0.1, 0.15) is 21.5 Å². The molecule has 0 saturated heterocycles. The van der Waals surface area contributed by atoms with Crippen LogP contribution in [0.15, 0.2) is 61.1 Å². The summed E-state index contributed by atoms with van der Waals surface area (Å²) in [7, 11) is 0. The molecule has 0 fully saturated rings. The van der Waals surface area contributed by atoms with Gasteiger partial charge in [-0.2, -0.15) is 13.2 Å². The molecule has 0 spiro atoms. The Morgan fingerprint density at radius 2 is 1.82 bits per heavy atom. The Morgan fingerprint density at radius 3 is 2.54 bits per heavy atom. The van der Waals surface area contributed by atoms with Crippen LogP contribution >= 0.6 is 0 Å². The second-order valence-electron chi connectivity index (χ2n) is 5.67. The number of hydrogen-bond acceptors (Lipinski definition) is 4. The third kappa shape index (κ3) is 4.81. The molecule has 2 heterocycles. The Hall–Kier alpha value is -3.49. The number of rotatable bonds is 5. The summed E-state index contributed by atoms with van der Waals surface area (Å²) >= 11 is 0. The lowest BCUT2D eigenvalue weighted by Gasteiger charge is -2.12. The van der Waals surface area contributed by atoms with Crippen molar-refractivity contribution in [1.82, 2.24) is 9.97 Å². The Balaban J connectivity index is 1.79. The zero-order valence-corrected chi connectivity index (χ0v) is 14.2. The SMILES string of the molecule is O=C(Nc1ncccc1OCc1ccncc1)c1cc(F)cc(C(F)(F)F)c1.